The van der Waals surface area contributed by atoms with Crippen molar-refractivity contribution >= 4 is 44.9 Å². The molecule has 1 aromatic heterocycles. The van der Waals surface area contributed by atoms with Crippen molar-refractivity contribution in [3.05, 3.63) is 42.5 Å². The molecule has 7 heteroatoms. The predicted octanol–water partition coefficient (Wildman–Crippen LogP) is 4.32. The Morgan fingerprint density at radius 1 is 1.04 bits per heavy atom. The zero-order chi connectivity index (χ0) is 18.3. The summed E-state index contributed by atoms with van der Waals surface area (Å²) in [6.07, 6.45) is 3.04. The van der Waals surface area contributed by atoms with Crippen molar-refractivity contribution in [3.8, 4) is 0 Å². The highest BCUT2D eigenvalue weighted by atomic mass is 32.2. The lowest BCUT2D eigenvalue weighted by Crippen LogP contribution is -2.56. The summed E-state index contributed by atoms with van der Waals surface area (Å²) < 4.78 is 29.1. The maximum absolute atomic E-state index is 12.2. The van der Waals surface area contributed by atoms with Gasteiger partial charge < -0.3 is 9.52 Å². The van der Waals surface area contributed by atoms with E-state index in [1.807, 2.05) is 30.3 Å². The predicted molar refractivity (Wildman–Crippen MR) is 100 cm³/mol. The van der Waals surface area contributed by atoms with E-state index in [1.165, 1.54) is 0 Å². The van der Waals surface area contributed by atoms with Gasteiger partial charge in [0.25, 0.3) is 11.3 Å². The van der Waals surface area contributed by atoms with Gasteiger partial charge in [-0.1, -0.05) is 37.5 Å². The zero-order valence-electron chi connectivity index (χ0n) is 14.1. The van der Waals surface area contributed by atoms with E-state index in [1.54, 1.807) is 12.1 Å². The van der Waals surface area contributed by atoms with Gasteiger partial charge in [0.1, 0.15) is 11.2 Å². The number of furan rings is 1. The smallest absolute Gasteiger partial charge is 0.330 e. The number of carboxylic acids is 1. The van der Waals surface area contributed by atoms with E-state index in [0.717, 1.165) is 27.1 Å². The van der Waals surface area contributed by atoms with Gasteiger partial charge in [0.2, 0.25) is 0 Å². The first-order valence-electron chi connectivity index (χ1n) is 8.59. The number of carbonyl (C=O) groups is 1. The van der Waals surface area contributed by atoms with E-state index in [0.29, 0.717) is 37.0 Å². The number of carboxylic acid groups (broad SMARTS) is 1. The second-order valence-electron chi connectivity index (χ2n) is 6.70. The Morgan fingerprint density at radius 2 is 1.73 bits per heavy atom. The summed E-state index contributed by atoms with van der Waals surface area (Å²) in [5.74, 6) is -1.07. The minimum absolute atomic E-state index is 0.340. The van der Waals surface area contributed by atoms with Crippen LogP contribution in [0.5, 0.6) is 0 Å². The molecule has 0 radical (unpaired) electrons. The molecular formula is C19H19NO5S. The van der Waals surface area contributed by atoms with Gasteiger partial charge in [-0.2, -0.15) is 0 Å². The minimum atomic E-state index is -2.46. The maximum Gasteiger partial charge on any atom is 0.330 e. The number of benzene rings is 2. The van der Waals surface area contributed by atoms with Crippen molar-refractivity contribution in [1.29, 1.82) is 0 Å². The summed E-state index contributed by atoms with van der Waals surface area (Å²) in [4.78, 5) is 12.1. The van der Waals surface area contributed by atoms with Crippen LogP contribution in [0.1, 0.15) is 32.1 Å². The standard InChI is InChI=1S/C19H19NO5S/c21-18(22)19(10-4-1-5-11-19)20(26(23)24)13-8-9-15-14-6-2-3-7-16(14)25-17(15)12-13/h2-3,6-9,12H,1,4-5,10-11H2,(H,21,22)(H,23,24). The van der Waals surface area contributed by atoms with Crippen molar-refractivity contribution in [2.75, 3.05) is 4.31 Å². The van der Waals surface area contributed by atoms with Crippen LogP contribution >= 0.6 is 0 Å². The number of anilines is 1. The lowest BCUT2D eigenvalue weighted by molar-refractivity contribution is -0.144. The van der Waals surface area contributed by atoms with E-state index < -0.39 is 22.8 Å². The number of rotatable bonds is 4. The van der Waals surface area contributed by atoms with Crippen LogP contribution in [0.25, 0.3) is 21.9 Å². The number of hydrogen-bond acceptors (Lipinski definition) is 3. The second kappa shape index (κ2) is 6.41. The van der Waals surface area contributed by atoms with Gasteiger partial charge in [-0.3, -0.25) is 8.86 Å². The Kier molecular flexibility index (Phi) is 4.20. The SMILES string of the molecule is O=C(O)C1(N(c2ccc3c(c2)oc2ccccc23)S(=O)O)CCCCC1. The van der Waals surface area contributed by atoms with Gasteiger partial charge >= 0.3 is 5.97 Å². The molecular weight excluding hydrogens is 354 g/mol. The molecule has 0 aliphatic heterocycles. The molecule has 2 N–H and O–H groups in total. The Balaban J connectivity index is 1.87. The molecule has 1 aliphatic carbocycles. The van der Waals surface area contributed by atoms with Crippen molar-refractivity contribution in [2.45, 2.75) is 37.6 Å². The van der Waals surface area contributed by atoms with Crippen LogP contribution in [-0.2, 0) is 16.1 Å². The molecule has 4 rings (SSSR count). The Bertz CT molecular complexity index is 1010. The van der Waals surface area contributed by atoms with Gasteiger partial charge in [-0.05, 0) is 31.0 Å². The fourth-order valence-electron chi connectivity index (χ4n) is 3.97. The third-order valence-corrected chi connectivity index (χ3v) is 6.09. The molecule has 0 spiro atoms. The summed E-state index contributed by atoms with van der Waals surface area (Å²) in [5, 5.41) is 11.7. The number of para-hydroxylation sites is 1. The molecule has 0 amide bonds. The average molecular weight is 373 g/mol. The highest BCUT2D eigenvalue weighted by Gasteiger charge is 2.48. The van der Waals surface area contributed by atoms with Gasteiger partial charge in [-0.15, -0.1) is 0 Å². The quantitative estimate of drug-likeness (QED) is 0.665. The molecule has 1 atom stereocenters. The maximum atomic E-state index is 12.2. The summed E-state index contributed by atoms with van der Waals surface area (Å²) in [5.41, 5.74) is 0.288. The monoisotopic (exact) mass is 373 g/mol. The first-order chi connectivity index (χ1) is 12.5. The van der Waals surface area contributed by atoms with Crippen LogP contribution in [0, 0.1) is 0 Å². The molecule has 1 fully saturated rings. The van der Waals surface area contributed by atoms with Gasteiger partial charge in [-0.25, -0.2) is 9.00 Å². The van der Waals surface area contributed by atoms with Crippen molar-refractivity contribution in [3.63, 3.8) is 0 Å². The third kappa shape index (κ3) is 2.59. The van der Waals surface area contributed by atoms with Gasteiger partial charge in [0.05, 0.1) is 5.69 Å². The van der Waals surface area contributed by atoms with Crippen LogP contribution in [0.15, 0.2) is 46.9 Å². The summed E-state index contributed by atoms with van der Waals surface area (Å²) in [6, 6.07) is 12.8. The molecule has 1 saturated carbocycles. The van der Waals surface area contributed by atoms with Crippen LogP contribution < -0.4 is 4.31 Å². The Hall–Kier alpha value is -2.38. The van der Waals surface area contributed by atoms with E-state index in [4.69, 9.17) is 4.42 Å². The van der Waals surface area contributed by atoms with E-state index in [-0.39, 0.29) is 0 Å². The van der Waals surface area contributed by atoms with Crippen LogP contribution in [0.3, 0.4) is 0 Å². The van der Waals surface area contributed by atoms with E-state index in [9.17, 15) is 18.7 Å². The van der Waals surface area contributed by atoms with Crippen molar-refractivity contribution < 1.29 is 23.1 Å². The second-order valence-corrected chi connectivity index (χ2v) is 7.53. The molecule has 6 nitrogen and oxygen atoms in total. The molecule has 1 aliphatic rings. The number of nitrogens with zero attached hydrogens (tertiary/aromatic N) is 1. The van der Waals surface area contributed by atoms with Gasteiger partial charge in [0, 0.05) is 16.8 Å². The lowest BCUT2D eigenvalue weighted by Gasteiger charge is -2.41. The van der Waals surface area contributed by atoms with Crippen LogP contribution in [0.2, 0.25) is 0 Å². The number of hydrogen-bond donors (Lipinski definition) is 2. The van der Waals surface area contributed by atoms with Crippen LogP contribution in [0.4, 0.5) is 5.69 Å². The third-order valence-electron chi connectivity index (χ3n) is 5.22. The van der Waals surface area contributed by atoms with Crippen LogP contribution in [-0.4, -0.2) is 25.4 Å². The fourth-order valence-corrected chi connectivity index (χ4v) is 4.82. The van der Waals surface area contributed by atoms with E-state index >= 15 is 0 Å². The van der Waals surface area contributed by atoms with Crippen molar-refractivity contribution in [2.24, 2.45) is 0 Å². The first kappa shape index (κ1) is 17.1. The highest BCUT2D eigenvalue weighted by molar-refractivity contribution is 7.80. The first-order valence-corrected chi connectivity index (χ1v) is 9.65. The average Bonchev–Trinajstić information content (AvgIpc) is 3.00. The molecule has 136 valence electrons. The summed E-state index contributed by atoms with van der Waals surface area (Å²) >= 11 is -2.46. The number of fused-ring (bicyclic) bond motifs is 3. The zero-order valence-corrected chi connectivity index (χ0v) is 14.9. The fraction of sp³-hybridized carbons (Fsp3) is 0.316. The summed E-state index contributed by atoms with van der Waals surface area (Å²) in [6.45, 7) is 0. The highest BCUT2D eigenvalue weighted by Crippen LogP contribution is 2.40. The Morgan fingerprint density at radius 3 is 2.42 bits per heavy atom. The molecule has 3 aromatic rings. The minimum Gasteiger partial charge on any atom is -0.479 e. The molecule has 2 aromatic carbocycles. The largest absolute Gasteiger partial charge is 0.479 e. The molecule has 1 heterocycles. The lowest BCUT2D eigenvalue weighted by atomic mass is 9.81. The topological polar surface area (TPSA) is 91.0 Å². The molecule has 0 saturated heterocycles. The Labute approximate surface area is 152 Å². The van der Waals surface area contributed by atoms with Gasteiger partial charge in [0.15, 0.2) is 5.54 Å². The normalized spacial score (nSPS) is 18.0. The number of aliphatic carboxylic acids is 1. The summed E-state index contributed by atoms with van der Waals surface area (Å²) in [7, 11) is 0. The molecule has 1 unspecified atom stereocenters. The molecule has 26 heavy (non-hydrogen) atoms. The molecule has 0 bridgehead atoms. The van der Waals surface area contributed by atoms with E-state index in [2.05, 4.69) is 0 Å². The van der Waals surface area contributed by atoms with Crippen molar-refractivity contribution in [1.82, 2.24) is 0 Å².